The van der Waals surface area contributed by atoms with E-state index < -0.39 is 20.2 Å². The van der Waals surface area contributed by atoms with Gasteiger partial charge in [0.15, 0.2) is 0 Å². The standard InChI is InChI=1S/2C10H8O3S.Zn/c2*11-14(12,13)10-6-5-8-3-1-2-4-9(8)7-10;/h2*1-7H,(H,11,12,13);/q;;+2/p-2. The first kappa shape index (κ1) is 23.1. The molecule has 0 unspecified atom stereocenters. The van der Waals surface area contributed by atoms with Gasteiger partial charge < -0.3 is 9.11 Å². The molecule has 0 amide bonds. The number of fused-ring (bicyclic) bond motifs is 2. The van der Waals surface area contributed by atoms with Crippen LogP contribution in [0.1, 0.15) is 0 Å². The normalized spacial score (nSPS) is 11.4. The second kappa shape index (κ2) is 9.11. The van der Waals surface area contributed by atoms with E-state index in [0.717, 1.165) is 21.5 Å². The van der Waals surface area contributed by atoms with Gasteiger partial charge in [0, 0.05) is 0 Å². The molecule has 0 saturated heterocycles. The summed E-state index contributed by atoms with van der Waals surface area (Å²) in [5.41, 5.74) is 0. The van der Waals surface area contributed by atoms with E-state index in [-0.39, 0.29) is 29.3 Å². The Kier molecular flexibility index (Phi) is 7.26. The summed E-state index contributed by atoms with van der Waals surface area (Å²) >= 11 is 0. The largest absolute Gasteiger partial charge is 2.00 e. The van der Waals surface area contributed by atoms with Crippen LogP contribution in [0.5, 0.6) is 0 Å². The number of hydrogen-bond acceptors (Lipinski definition) is 6. The van der Waals surface area contributed by atoms with Gasteiger partial charge in [-0.05, 0) is 45.8 Å². The summed E-state index contributed by atoms with van der Waals surface area (Å²) in [6.45, 7) is 0. The number of benzene rings is 4. The molecule has 0 spiro atoms. The molecule has 0 bridgehead atoms. The van der Waals surface area contributed by atoms with Crippen LogP contribution in [0.3, 0.4) is 0 Å². The Balaban J connectivity index is 0.000000200. The van der Waals surface area contributed by atoms with Gasteiger partial charge in [0.25, 0.3) is 0 Å². The van der Waals surface area contributed by atoms with Crippen LogP contribution in [-0.4, -0.2) is 25.9 Å². The molecule has 6 nitrogen and oxygen atoms in total. The predicted molar refractivity (Wildman–Crippen MR) is 104 cm³/mol. The van der Waals surface area contributed by atoms with Crippen molar-refractivity contribution in [1.29, 1.82) is 0 Å². The molecule has 0 aliphatic carbocycles. The van der Waals surface area contributed by atoms with Crippen LogP contribution < -0.4 is 0 Å². The van der Waals surface area contributed by atoms with Crippen molar-refractivity contribution < 1.29 is 45.4 Å². The predicted octanol–water partition coefficient (Wildman–Crippen LogP) is 3.49. The third-order valence-corrected chi connectivity index (χ3v) is 5.68. The van der Waals surface area contributed by atoms with E-state index in [1.165, 1.54) is 24.3 Å². The minimum absolute atomic E-state index is 0. The Morgan fingerprint density at radius 2 is 0.793 bits per heavy atom. The maximum absolute atomic E-state index is 10.7. The molecule has 4 aromatic carbocycles. The molecule has 0 radical (unpaired) electrons. The second-order valence-electron chi connectivity index (χ2n) is 5.93. The number of hydrogen-bond donors (Lipinski definition) is 0. The van der Waals surface area contributed by atoms with Crippen LogP contribution in [0.25, 0.3) is 21.5 Å². The van der Waals surface area contributed by atoms with Gasteiger partial charge in [-0.25, -0.2) is 16.8 Å². The Bertz CT molecular complexity index is 1260. The molecule has 0 fully saturated rings. The molecule has 9 heteroatoms. The summed E-state index contributed by atoms with van der Waals surface area (Å²) in [7, 11) is -8.69. The van der Waals surface area contributed by atoms with E-state index in [1.54, 1.807) is 36.4 Å². The quantitative estimate of drug-likeness (QED) is 0.321. The van der Waals surface area contributed by atoms with E-state index in [0.29, 0.717) is 0 Å². The second-order valence-corrected chi connectivity index (χ2v) is 8.69. The van der Waals surface area contributed by atoms with Crippen molar-refractivity contribution in [3.63, 3.8) is 0 Å². The van der Waals surface area contributed by atoms with E-state index in [2.05, 4.69) is 0 Å². The Morgan fingerprint density at radius 1 is 0.483 bits per heavy atom. The van der Waals surface area contributed by atoms with E-state index in [9.17, 15) is 25.9 Å². The Hall–Kier alpha value is -2.16. The van der Waals surface area contributed by atoms with Gasteiger partial charge in [0.05, 0.1) is 9.79 Å². The van der Waals surface area contributed by atoms with Gasteiger partial charge in [-0.2, -0.15) is 0 Å². The summed E-state index contributed by atoms with van der Waals surface area (Å²) in [4.78, 5) is -0.368. The van der Waals surface area contributed by atoms with Crippen LogP contribution in [0, 0.1) is 0 Å². The van der Waals surface area contributed by atoms with Gasteiger partial charge in [0.1, 0.15) is 20.2 Å². The van der Waals surface area contributed by atoms with Crippen molar-refractivity contribution in [1.82, 2.24) is 0 Å². The first-order chi connectivity index (χ1) is 13.1. The molecular formula is C20H14O6S2Zn. The Morgan fingerprint density at radius 3 is 1.10 bits per heavy atom. The van der Waals surface area contributed by atoms with E-state index in [1.807, 2.05) is 24.3 Å². The topological polar surface area (TPSA) is 114 Å². The van der Waals surface area contributed by atoms with Crippen LogP contribution in [-0.2, 0) is 39.7 Å². The molecule has 0 aliphatic rings. The summed E-state index contributed by atoms with van der Waals surface area (Å²) in [5.74, 6) is 0. The number of rotatable bonds is 2. The molecular weight excluding hydrogens is 466 g/mol. The fraction of sp³-hybridized carbons (Fsp3) is 0. The van der Waals surface area contributed by atoms with Crippen LogP contribution in [0.15, 0.2) is 94.7 Å². The molecule has 0 heterocycles. The third-order valence-electron chi connectivity index (χ3n) is 4.02. The van der Waals surface area contributed by atoms with Crippen LogP contribution in [0.4, 0.5) is 0 Å². The molecule has 0 aromatic heterocycles. The Labute approximate surface area is 181 Å². The van der Waals surface area contributed by atoms with Crippen molar-refractivity contribution >= 4 is 41.8 Å². The van der Waals surface area contributed by atoms with Crippen LogP contribution in [0.2, 0.25) is 0 Å². The molecule has 4 rings (SSSR count). The smallest absolute Gasteiger partial charge is 0.744 e. The summed E-state index contributed by atoms with van der Waals surface area (Å²) in [6, 6.07) is 23.2. The molecule has 4 aromatic rings. The zero-order valence-corrected chi connectivity index (χ0v) is 19.7. The first-order valence-electron chi connectivity index (χ1n) is 8.04. The van der Waals surface area contributed by atoms with Crippen molar-refractivity contribution in [2.24, 2.45) is 0 Å². The van der Waals surface area contributed by atoms with Crippen LogP contribution >= 0.6 is 0 Å². The van der Waals surface area contributed by atoms with Gasteiger partial charge >= 0.3 is 19.5 Å². The van der Waals surface area contributed by atoms with Crippen molar-refractivity contribution in [3.05, 3.63) is 84.9 Å². The van der Waals surface area contributed by atoms with E-state index >= 15 is 0 Å². The fourth-order valence-electron chi connectivity index (χ4n) is 2.65. The summed E-state index contributed by atoms with van der Waals surface area (Å²) in [5, 5.41) is 3.34. The zero-order valence-electron chi connectivity index (χ0n) is 15.1. The van der Waals surface area contributed by atoms with Crippen molar-refractivity contribution in [3.8, 4) is 0 Å². The summed E-state index contributed by atoms with van der Waals surface area (Å²) in [6.07, 6.45) is 0. The molecule has 0 saturated carbocycles. The minimum Gasteiger partial charge on any atom is -0.744 e. The molecule has 0 aliphatic heterocycles. The third kappa shape index (κ3) is 5.91. The maximum atomic E-state index is 10.7. The first-order valence-corrected chi connectivity index (χ1v) is 10.9. The summed E-state index contributed by atoms with van der Waals surface area (Å²) < 4.78 is 64.3. The van der Waals surface area contributed by atoms with Crippen molar-refractivity contribution in [2.75, 3.05) is 0 Å². The molecule has 29 heavy (non-hydrogen) atoms. The average molecular weight is 480 g/mol. The van der Waals surface area contributed by atoms with Gasteiger partial charge in [-0.3, -0.25) is 0 Å². The average Bonchev–Trinajstić information content (AvgIpc) is 2.66. The fourth-order valence-corrected chi connectivity index (χ4v) is 3.66. The SMILES string of the molecule is O=S(=O)([O-])c1ccc2ccccc2c1.O=S(=O)([O-])c1ccc2ccccc2c1.[Zn+2]. The molecule has 0 atom stereocenters. The van der Waals surface area contributed by atoms with Gasteiger partial charge in [-0.1, -0.05) is 60.7 Å². The van der Waals surface area contributed by atoms with Crippen molar-refractivity contribution in [2.45, 2.75) is 9.79 Å². The minimum atomic E-state index is -4.34. The molecule has 144 valence electrons. The van der Waals surface area contributed by atoms with E-state index in [4.69, 9.17) is 0 Å². The van der Waals surface area contributed by atoms with Gasteiger partial charge in [-0.15, -0.1) is 0 Å². The van der Waals surface area contributed by atoms with Gasteiger partial charge in [0.2, 0.25) is 0 Å². The maximum Gasteiger partial charge on any atom is 2.00 e. The molecule has 0 N–H and O–H groups in total. The zero-order chi connectivity index (χ0) is 20.4. The monoisotopic (exact) mass is 478 g/mol.